The lowest BCUT2D eigenvalue weighted by Gasteiger charge is -2.44. The Kier molecular flexibility index (Phi) is 4.55. The van der Waals surface area contributed by atoms with Crippen LogP contribution in [0.4, 0.5) is 0 Å². The fourth-order valence-electron chi connectivity index (χ4n) is 3.77. The minimum atomic E-state index is -0.920. The molecule has 1 aliphatic heterocycles. The number of hydrogen-bond acceptors (Lipinski definition) is 6. The van der Waals surface area contributed by atoms with Crippen molar-refractivity contribution in [3.63, 3.8) is 0 Å². The maximum atomic E-state index is 12.9. The molecule has 1 N–H and O–H groups in total. The van der Waals surface area contributed by atoms with Gasteiger partial charge < -0.3 is 5.11 Å². The monoisotopic (exact) mass is 382 g/mol. The first-order valence-electron chi connectivity index (χ1n) is 9.61. The van der Waals surface area contributed by atoms with E-state index in [4.69, 9.17) is 0 Å². The van der Waals surface area contributed by atoms with Crippen LogP contribution in [0, 0.1) is 0 Å². The Bertz CT molecular complexity index is 1030. The van der Waals surface area contributed by atoms with Crippen LogP contribution < -0.4 is 5.56 Å². The number of likely N-dealkylation sites (tertiary alicyclic amines) is 1. The van der Waals surface area contributed by atoms with E-state index in [0.29, 0.717) is 18.5 Å². The number of para-hydroxylation sites is 1. The molecule has 1 aliphatic rings. The van der Waals surface area contributed by atoms with E-state index in [2.05, 4.69) is 41.0 Å². The number of piperidine rings is 1. The lowest BCUT2D eigenvalue weighted by Crippen LogP contribution is -2.53. The van der Waals surface area contributed by atoms with E-state index in [9.17, 15) is 9.90 Å². The Morgan fingerprint density at radius 3 is 2.46 bits per heavy atom. The maximum absolute atomic E-state index is 12.9. The lowest BCUT2D eigenvalue weighted by molar-refractivity contribution is -0.0528. The van der Waals surface area contributed by atoms with Gasteiger partial charge in [-0.3, -0.25) is 14.3 Å². The number of benzene rings is 1. The first-order valence-corrected chi connectivity index (χ1v) is 9.61. The molecule has 2 aromatic heterocycles. The van der Waals surface area contributed by atoms with Gasteiger partial charge in [0.25, 0.3) is 5.56 Å². The number of fused-ring (bicyclic) bond motifs is 1. The van der Waals surface area contributed by atoms with Gasteiger partial charge in [-0.2, -0.15) is 4.68 Å². The van der Waals surface area contributed by atoms with Gasteiger partial charge in [0.2, 0.25) is 0 Å². The van der Waals surface area contributed by atoms with Crippen LogP contribution in [0.3, 0.4) is 0 Å². The molecule has 0 spiro atoms. The third-order valence-electron chi connectivity index (χ3n) is 5.54. The summed E-state index contributed by atoms with van der Waals surface area (Å²) in [5, 5.41) is 19.2. The van der Waals surface area contributed by atoms with Crippen molar-refractivity contribution in [3.05, 3.63) is 47.0 Å². The number of nitrogens with zero attached hydrogens (tertiary/aromatic N) is 6. The van der Waals surface area contributed by atoms with Gasteiger partial charge in [0.05, 0.1) is 17.8 Å². The van der Waals surface area contributed by atoms with Crippen molar-refractivity contribution in [1.29, 1.82) is 0 Å². The molecule has 0 radical (unpaired) electrons. The van der Waals surface area contributed by atoms with E-state index in [1.807, 2.05) is 30.3 Å². The molecule has 0 aliphatic carbocycles. The van der Waals surface area contributed by atoms with Gasteiger partial charge in [0, 0.05) is 18.6 Å². The minimum Gasteiger partial charge on any atom is -0.388 e. The molecule has 28 heavy (non-hydrogen) atoms. The van der Waals surface area contributed by atoms with Crippen LogP contribution in [0.25, 0.3) is 16.9 Å². The van der Waals surface area contributed by atoms with Gasteiger partial charge in [-0.25, -0.2) is 4.98 Å². The van der Waals surface area contributed by atoms with Gasteiger partial charge in [-0.1, -0.05) is 23.4 Å². The van der Waals surface area contributed by atoms with E-state index in [0.717, 1.165) is 18.8 Å². The lowest BCUT2D eigenvalue weighted by atomic mass is 9.88. The van der Waals surface area contributed by atoms with Crippen molar-refractivity contribution in [2.75, 3.05) is 13.1 Å². The topological polar surface area (TPSA) is 89.1 Å². The van der Waals surface area contributed by atoms with Gasteiger partial charge in [0.1, 0.15) is 6.33 Å². The zero-order valence-electron chi connectivity index (χ0n) is 16.5. The van der Waals surface area contributed by atoms with Crippen molar-refractivity contribution in [3.8, 4) is 5.69 Å². The van der Waals surface area contributed by atoms with E-state index in [-0.39, 0.29) is 23.2 Å². The molecule has 0 bridgehead atoms. The Morgan fingerprint density at radius 2 is 1.82 bits per heavy atom. The second-order valence-corrected chi connectivity index (χ2v) is 8.57. The molecule has 4 rings (SSSR count). The first kappa shape index (κ1) is 18.8. The molecule has 0 amide bonds. The van der Waals surface area contributed by atoms with E-state index in [1.165, 1.54) is 10.9 Å². The smallest absolute Gasteiger partial charge is 0.283 e. The second-order valence-electron chi connectivity index (χ2n) is 8.57. The second kappa shape index (κ2) is 6.79. The number of aromatic nitrogens is 5. The Balaban J connectivity index is 1.59. The number of rotatable bonds is 3. The van der Waals surface area contributed by atoms with E-state index < -0.39 is 5.60 Å². The highest BCUT2D eigenvalue weighted by Gasteiger charge is 2.36. The summed E-state index contributed by atoms with van der Waals surface area (Å²) in [4.78, 5) is 19.7. The molecule has 1 aromatic carbocycles. The van der Waals surface area contributed by atoms with Gasteiger partial charge in [0.15, 0.2) is 11.2 Å². The SMILES string of the molecule is CC(C)(C)N1CCC(O)(Cn2cnc3c(nnn3-c3ccccc3)c2=O)CC1. The van der Waals surface area contributed by atoms with E-state index >= 15 is 0 Å². The number of hydrogen-bond donors (Lipinski definition) is 1. The first-order chi connectivity index (χ1) is 13.3. The summed E-state index contributed by atoms with van der Waals surface area (Å²) < 4.78 is 3.01. The summed E-state index contributed by atoms with van der Waals surface area (Å²) in [5.41, 5.74) is 0.302. The molecule has 1 saturated heterocycles. The molecule has 0 unspecified atom stereocenters. The average molecular weight is 382 g/mol. The molecule has 3 heterocycles. The molecule has 0 atom stereocenters. The van der Waals surface area contributed by atoms with Crippen molar-refractivity contribution in [2.45, 2.75) is 51.3 Å². The molecular formula is C20H26N6O2. The van der Waals surface area contributed by atoms with E-state index in [1.54, 1.807) is 4.68 Å². The average Bonchev–Trinajstić information content (AvgIpc) is 3.09. The summed E-state index contributed by atoms with van der Waals surface area (Å²) in [6.07, 6.45) is 2.72. The normalized spacial score (nSPS) is 17.9. The molecule has 0 saturated carbocycles. The van der Waals surface area contributed by atoms with Crippen LogP contribution in [0.2, 0.25) is 0 Å². The predicted molar refractivity (Wildman–Crippen MR) is 106 cm³/mol. The highest BCUT2D eigenvalue weighted by atomic mass is 16.3. The standard InChI is InChI=1S/C20H26N6O2/c1-19(2,3)25-11-9-20(28,10-12-25)13-24-14-21-17-16(18(24)27)22-23-26(17)15-7-5-4-6-8-15/h4-8,14,28H,9-13H2,1-3H3. The molecule has 1 fully saturated rings. The fraction of sp³-hybridized carbons (Fsp3) is 0.500. The zero-order valence-corrected chi connectivity index (χ0v) is 16.5. The summed E-state index contributed by atoms with van der Waals surface area (Å²) in [6.45, 7) is 8.34. The third-order valence-corrected chi connectivity index (χ3v) is 5.54. The zero-order chi connectivity index (χ0) is 19.9. The highest BCUT2D eigenvalue weighted by Crippen LogP contribution is 2.28. The summed E-state index contributed by atoms with van der Waals surface area (Å²) in [5.74, 6) is 0. The Labute approximate surface area is 163 Å². The van der Waals surface area contributed by atoms with Gasteiger partial charge in [-0.15, -0.1) is 5.10 Å². The fourth-order valence-corrected chi connectivity index (χ4v) is 3.77. The van der Waals surface area contributed by atoms with Crippen LogP contribution in [0.5, 0.6) is 0 Å². The van der Waals surface area contributed by atoms with Gasteiger partial charge in [-0.05, 0) is 45.7 Å². The molecule has 148 valence electrons. The summed E-state index contributed by atoms with van der Waals surface area (Å²) >= 11 is 0. The number of aliphatic hydroxyl groups is 1. The summed E-state index contributed by atoms with van der Waals surface area (Å²) in [7, 11) is 0. The maximum Gasteiger partial charge on any atom is 0.283 e. The minimum absolute atomic E-state index is 0.0780. The van der Waals surface area contributed by atoms with Crippen molar-refractivity contribution < 1.29 is 5.11 Å². The quantitative estimate of drug-likeness (QED) is 0.740. The van der Waals surface area contributed by atoms with Crippen LogP contribution >= 0.6 is 0 Å². The molecule has 3 aromatic rings. The van der Waals surface area contributed by atoms with Crippen LogP contribution in [0.1, 0.15) is 33.6 Å². The predicted octanol–water partition coefficient (Wildman–Crippen LogP) is 1.60. The highest BCUT2D eigenvalue weighted by molar-refractivity contribution is 5.70. The van der Waals surface area contributed by atoms with Gasteiger partial charge >= 0.3 is 0 Å². The Morgan fingerprint density at radius 1 is 1.14 bits per heavy atom. The van der Waals surface area contributed by atoms with Crippen LogP contribution in [0.15, 0.2) is 41.5 Å². The third kappa shape index (κ3) is 3.45. The van der Waals surface area contributed by atoms with Crippen LogP contribution in [-0.2, 0) is 6.54 Å². The summed E-state index contributed by atoms with van der Waals surface area (Å²) in [6, 6.07) is 9.46. The van der Waals surface area contributed by atoms with Crippen LogP contribution in [-0.4, -0.2) is 58.8 Å². The molecule has 8 nitrogen and oxygen atoms in total. The molecular weight excluding hydrogens is 356 g/mol. The van der Waals surface area contributed by atoms with Crippen molar-refractivity contribution in [2.24, 2.45) is 0 Å². The molecule has 8 heteroatoms. The van der Waals surface area contributed by atoms with Crippen molar-refractivity contribution >= 4 is 11.2 Å². The largest absolute Gasteiger partial charge is 0.388 e. The van der Waals surface area contributed by atoms with Crippen molar-refractivity contribution in [1.82, 2.24) is 29.4 Å². The Hall–Kier alpha value is -2.58.